The second-order valence-corrected chi connectivity index (χ2v) is 3.23. The first-order chi connectivity index (χ1) is 6.27. The molecular weight excluding hydrogens is 202 g/mol. The van der Waals surface area contributed by atoms with Gasteiger partial charge in [0.05, 0.1) is 11.6 Å². The minimum absolute atomic E-state index is 0.627. The van der Waals surface area contributed by atoms with E-state index < -0.39 is 0 Å². The fourth-order valence-corrected chi connectivity index (χ4v) is 1.24. The molecule has 1 nitrogen and oxygen atoms in total. The fourth-order valence-electron chi connectivity index (χ4n) is 0.953. The van der Waals surface area contributed by atoms with Gasteiger partial charge < -0.3 is 0 Å². The van der Waals surface area contributed by atoms with Crippen LogP contribution in [0.2, 0.25) is 5.02 Å². The molecule has 0 atom stereocenters. The van der Waals surface area contributed by atoms with Gasteiger partial charge >= 0.3 is 0 Å². The summed E-state index contributed by atoms with van der Waals surface area (Å²) in [4.78, 5) is 0. The van der Waals surface area contributed by atoms with E-state index in [1.807, 2.05) is 12.2 Å². The van der Waals surface area contributed by atoms with Gasteiger partial charge in [-0.05, 0) is 23.8 Å². The van der Waals surface area contributed by atoms with Crippen LogP contribution in [0.1, 0.15) is 11.1 Å². The molecule has 0 fully saturated rings. The summed E-state index contributed by atoms with van der Waals surface area (Å²) in [5.74, 6) is 0.650. The molecule has 0 saturated carbocycles. The van der Waals surface area contributed by atoms with Gasteiger partial charge in [-0.25, -0.2) is 0 Å². The normalized spacial score (nSPS) is 10.2. The Labute approximate surface area is 88.1 Å². The van der Waals surface area contributed by atoms with Crippen molar-refractivity contribution >= 4 is 30.3 Å². The van der Waals surface area contributed by atoms with Gasteiger partial charge in [-0.15, -0.1) is 0 Å². The van der Waals surface area contributed by atoms with Crippen molar-refractivity contribution in [2.75, 3.05) is 5.75 Å². The van der Waals surface area contributed by atoms with Crippen molar-refractivity contribution in [1.29, 1.82) is 5.26 Å². The van der Waals surface area contributed by atoms with Crippen molar-refractivity contribution in [1.82, 2.24) is 0 Å². The summed E-state index contributed by atoms with van der Waals surface area (Å²) in [5, 5.41) is 9.40. The Balaban J connectivity index is 3.10. The van der Waals surface area contributed by atoms with Crippen LogP contribution in [0.25, 0.3) is 6.08 Å². The molecular formula is C10H8ClNS. The minimum atomic E-state index is 0.627. The highest BCUT2D eigenvalue weighted by atomic mass is 35.5. The number of halogens is 1. The number of rotatable bonds is 2. The first kappa shape index (κ1) is 10.2. The Morgan fingerprint density at radius 1 is 1.54 bits per heavy atom. The predicted octanol–water partition coefficient (Wildman–Crippen LogP) is 3.15. The lowest BCUT2D eigenvalue weighted by Crippen LogP contribution is -1.81. The summed E-state index contributed by atoms with van der Waals surface area (Å²) < 4.78 is 0. The summed E-state index contributed by atoms with van der Waals surface area (Å²) in [7, 11) is 0. The van der Waals surface area contributed by atoms with Crippen LogP contribution in [0.3, 0.4) is 0 Å². The van der Waals surface area contributed by atoms with E-state index in [4.69, 9.17) is 16.9 Å². The molecule has 0 aliphatic rings. The van der Waals surface area contributed by atoms with E-state index in [2.05, 4.69) is 18.7 Å². The third-order valence-electron chi connectivity index (χ3n) is 1.54. The van der Waals surface area contributed by atoms with Crippen molar-refractivity contribution < 1.29 is 0 Å². The van der Waals surface area contributed by atoms with Gasteiger partial charge in [-0.3, -0.25) is 0 Å². The van der Waals surface area contributed by atoms with Crippen LogP contribution in [0.4, 0.5) is 0 Å². The quantitative estimate of drug-likeness (QED) is 0.744. The van der Waals surface area contributed by atoms with E-state index in [0.29, 0.717) is 16.3 Å². The number of benzene rings is 1. The summed E-state index contributed by atoms with van der Waals surface area (Å²) in [6.07, 6.45) is 3.72. The second kappa shape index (κ2) is 4.96. The standard InChI is InChI=1S/C10H8ClNS/c11-10-4-3-9(7-12)8(6-10)2-1-5-13/h1-4,6,13H,5H2. The Morgan fingerprint density at radius 3 is 2.92 bits per heavy atom. The molecule has 1 aromatic rings. The van der Waals surface area contributed by atoms with E-state index in [1.54, 1.807) is 18.2 Å². The van der Waals surface area contributed by atoms with E-state index in [9.17, 15) is 0 Å². The summed E-state index contributed by atoms with van der Waals surface area (Å²) in [6, 6.07) is 7.28. The van der Waals surface area contributed by atoms with Gasteiger partial charge in [-0.1, -0.05) is 23.8 Å². The maximum Gasteiger partial charge on any atom is 0.0997 e. The largest absolute Gasteiger partial charge is 0.192 e. The Bertz CT molecular complexity index is 366. The highest BCUT2D eigenvalue weighted by Gasteiger charge is 1.98. The van der Waals surface area contributed by atoms with Gasteiger partial charge in [-0.2, -0.15) is 17.9 Å². The van der Waals surface area contributed by atoms with Gasteiger partial charge in [0.15, 0.2) is 0 Å². The molecule has 0 saturated heterocycles. The third kappa shape index (κ3) is 2.80. The number of nitrogens with zero attached hydrogens (tertiary/aromatic N) is 1. The Hall–Kier alpha value is -0.910. The number of hydrogen-bond acceptors (Lipinski definition) is 2. The van der Waals surface area contributed by atoms with E-state index in [1.165, 1.54) is 0 Å². The lowest BCUT2D eigenvalue weighted by atomic mass is 10.1. The summed E-state index contributed by atoms with van der Waals surface area (Å²) in [5.41, 5.74) is 1.46. The van der Waals surface area contributed by atoms with Crippen molar-refractivity contribution in [2.45, 2.75) is 0 Å². The zero-order valence-electron chi connectivity index (χ0n) is 6.87. The molecule has 3 heteroatoms. The summed E-state index contributed by atoms with van der Waals surface area (Å²) >= 11 is 9.83. The predicted molar refractivity (Wildman–Crippen MR) is 59.1 cm³/mol. The van der Waals surface area contributed by atoms with Crippen molar-refractivity contribution in [2.24, 2.45) is 0 Å². The lowest BCUT2D eigenvalue weighted by molar-refractivity contribution is 1.47. The van der Waals surface area contributed by atoms with Crippen LogP contribution < -0.4 is 0 Å². The Kier molecular flexibility index (Phi) is 3.88. The minimum Gasteiger partial charge on any atom is -0.192 e. The van der Waals surface area contributed by atoms with E-state index >= 15 is 0 Å². The molecule has 0 spiro atoms. The van der Waals surface area contributed by atoms with Crippen molar-refractivity contribution in [3.05, 3.63) is 40.4 Å². The molecule has 0 bridgehead atoms. The van der Waals surface area contributed by atoms with Crippen molar-refractivity contribution in [3.8, 4) is 6.07 Å². The number of nitriles is 1. The number of hydrogen-bond donors (Lipinski definition) is 1. The molecule has 0 unspecified atom stereocenters. The maximum absolute atomic E-state index is 8.76. The second-order valence-electron chi connectivity index (χ2n) is 2.43. The zero-order chi connectivity index (χ0) is 9.68. The molecule has 0 heterocycles. The van der Waals surface area contributed by atoms with E-state index in [-0.39, 0.29) is 0 Å². The molecule has 66 valence electrons. The van der Waals surface area contributed by atoms with Gasteiger partial charge in [0.2, 0.25) is 0 Å². The topological polar surface area (TPSA) is 23.8 Å². The average Bonchev–Trinajstić information content (AvgIpc) is 2.15. The molecule has 0 N–H and O–H groups in total. The van der Waals surface area contributed by atoms with Crippen LogP contribution >= 0.6 is 24.2 Å². The van der Waals surface area contributed by atoms with Crippen LogP contribution in [-0.2, 0) is 0 Å². The zero-order valence-corrected chi connectivity index (χ0v) is 8.52. The molecule has 0 aliphatic heterocycles. The first-order valence-corrected chi connectivity index (χ1v) is 4.76. The van der Waals surface area contributed by atoms with Crippen molar-refractivity contribution in [3.63, 3.8) is 0 Å². The Morgan fingerprint density at radius 2 is 2.31 bits per heavy atom. The summed E-state index contributed by atoms with van der Waals surface area (Å²) in [6.45, 7) is 0. The average molecular weight is 210 g/mol. The lowest BCUT2D eigenvalue weighted by Gasteiger charge is -1.97. The molecule has 0 radical (unpaired) electrons. The highest BCUT2D eigenvalue weighted by molar-refractivity contribution is 7.80. The van der Waals surface area contributed by atoms with Gasteiger partial charge in [0, 0.05) is 10.8 Å². The molecule has 0 amide bonds. The monoisotopic (exact) mass is 209 g/mol. The third-order valence-corrected chi connectivity index (χ3v) is 1.98. The number of thiol groups is 1. The van der Waals surface area contributed by atoms with Crippen LogP contribution in [0, 0.1) is 11.3 Å². The van der Waals surface area contributed by atoms with Gasteiger partial charge in [0.1, 0.15) is 0 Å². The molecule has 1 rings (SSSR count). The SMILES string of the molecule is N#Cc1ccc(Cl)cc1C=CCS. The van der Waals surface area contributed by atoms with Crippen LogP contribution in [0.5, 0.6) is 0 Å². The van der Waals surface area contributed by atoms with Crippen LogP contribution in [-0.4, -0.2) is 5.75 Å². The fraction of sp³-hybridized carbons (Fsp3) is 0.100. The molecule has 0 aliphatic carbocycles. The highest BCUT2D eigenvalue weighted by Crippen LogP contribution is 2.16. The molecule has 0 aromatic heterocycles. The van der Waals surface area contributed by atoms with Crippen LogP contribution in [0.15, 0.2) is 24.3 Å². The maximum atomic E-state index is 8.76. The first-order valence-electron chi connectivity index (χ1n) is 3.75. The smallest absolute Gasteiger partial charge is 0.0997 e. The molecule has 1 aromatic carbocycles. The molecule has 13 heavy (non-hydrogen) atoms. The van der Waals surface area contributed by atoms with Gasteiger partial charge in [0.25, 0.3) is 0 Å². The van der Waals surface area contributed by atoms with E-state index in [0.717, 1.165) is 5.56 Å².